The largest absolute Gasteiger partial charge is 0.366 e. The fourth-order valence-electron chi connectivity index (χ4n) is 0.477. The molecule has 0 aromatic carbocycles. The summed E-state index contributed by atoms with van der Waals surface area (Å²) in [6.07, 6.45) is 6.20. The van der Waals surface area contributed by atoms with E-state index in [0.717, 1.165) is 0 Å². The van der Waals surface area contributed by atoms with E-state index < -0.39 is 0 Å². The smallest absolute Gasteiger partial charge is 0.235 e. The van der Waals surface area contributed by atoms with Crippen LogP contribution in [0.2, 0.25) is 0 Å². The average Bonchev–Trinajstić information content (AvgIpc) is 1.89. The molecule has 0 radical (unpaired) electrons. The van der Waals surface area contributed by atoms with E-state index in [-0.39, 0.29) is 5.82 Å². The van der Waals surface area contributed by atoms with E-state index >= 15 is 0 Å². The van der Waals surface area contributed by atoms with Gasteiger partial charge in [-0.2, -0.15) is 4.99 Å². The van der Waals surface area contributed by atoms with E-state index in [1.54, 1.807) is 0 Å². The first kappa shape index (κ1) is 5.66. The van der Waals surface area contributed by atoms with Crippen LogP contribution in [0.1, 0.15) is 0 Å². The number of rotatable bonds is 1. The Bertz CT molecular complexity index is 213. The van der Waals surface area contributed by atoms with E-state index in [4.69, 9.17) is 5.73 Å². The highest BCUT2D eigenvalue weighted by Crippen LogP contribution is 2.01. The van der Waals surface area contributed by atoms with E-state index in [2.05, 4.69) is 11.1 Å². The molecule has 3 heteroatoms. The summed E-state index contributed by atoms with van der Waals surface area (Å²) in [5.74, 6) is 0.253. The summed E-state index contributed by atoms with van der Waals surface area (Å²) < 4.78 is 0. The molecule has 1 aliphatic heterocycles. The van der Waals surface area contributed by atoms with Gasteiger partial charge in [-0.3, -0.25) is 4.79 Å². The lowest BCUT2D eigenvalue weighted by Gasteiger charge is -1.86. The summed E-state index contributed by atoms with van der Waals surface area (Å²) in [6, 6.07) is 0. The monoisotopic (exact) mass is 121 g/mol. The maximum absolute atomic E-state index is 10.1. The van der Waals surface area contributed by atoms with Gasteiger partial charge in [-0.15, -0.1) is 0 Å². The number of carbonyl (C=O) groups is 1. The second-order valence-electron chi connectivity index (χ2n) is 1.53. The van der Waals surface area contributed by atoms with Gasteiger partial charge < -0.3 is 5.73 Å². The minimum Gasteiger partial charge on any atom is -0.366 e. The molecular formula is C6H5N2O+. The number of aliphatic imine (C=N–C) groups is 1. The molecule has 0 saturated heterocycles. The molecular weight excluding hydrogens is 116 g/mol. The number of allylic oxidation sites excluding steroid dienone is 3. The van der Waals surface area contributed by atoms with Gasteiger partial charge in [0, 0.05) is 0 Å². The van der Waals surface area contributed by atoms with Crippen LogP contribution < -0.4 is 5.73 Å². The van der Waals surface area contributed by atoms with Crippen molar-refractivity contribution in [2.24, 2.45) is 10.7 Å². The van der Waals surface area contributed by atoms with Crippen LogP contribution in [0.5, 0.6) is 0 Å². The van der Waals surface area contributed by atoms with Gasteiger partial charge in [-0.05, 0) is 0 Å². The Morgan fingerprint density at radius 3 is 3.00 bits per heavy atom. The molecule has 44 valence electrons. The lowest BCUT2D eigenvalue weighted by Crippen LogP contribution is -2.02. The molecule has 0 atom stereocenters. The molecule has 9 heavy (non-hydrogen) atoms. The first-order chi connectivity index (χ1) is 4.34. The molecule has 1 heterocycles. The molecule has 0 unspecified atom stereocenters. The van der Waals surface area contributed by atoms with Crippen molar-refractivity contribution in [3.05, 3.63) is 23.5 Å². The van der Waals surface area contributed by atoms with Crippen LogP contribution in [0, 0.1) is 6.08 Å². The normalized spacial score (nSPS) is 15.6. The van der Waals surface area contributed by atoms with Crippen LogP contribution in [0.15, 0.2) is 22.5 Å². The van der Waals surface area contributed by atoms with Crippen molar-refractivity contribution < 1.29 is 4.79 Å². The topological polar surface area (TPSA) is 55.5 Å². The Kier molecular flexibility index (Phi) is 1.38. The van der Waals surface area contributed by atoms with E-state index in [1.165, 1.54) is 12.3 Å². The lowest BCUT2D eigenvalue weighted by molar-refractivity contribution is -0.104. The van der Waals surface area contributed by atoms with E-state index in [0.29, 0.717) is 11.9 Å². The van der Waals surface area contributed by atoms with Gasteiger partial charge >= 0.3 is 0 Å². The Hall–Kier alpha value is -1.47. The van der Waals surface area contributed by atoms with Crippen molar-refractivity contribution in [1.82, 2.24) is 0 Å². The third-order valence-corrected chi connectivity index (χ3v) is 0.940. The molecule has 0 aromatic rings. The highest BCUT2D eigenvalue weighted by molar-refractivity contribution is 5.83. The zero-order chi connectivity index (χ0) is 6.69. The number of nitrogens with zero attached hydrogens (tertiary/aromatic N) is 1. The zero-order valence-corrected chi connectivity index (χ0v) is 4.66. The number of hydrogen-bond donors (Lipinski definition) is 1. The third kappa shape index (κ3) is 1.01. The molecule has 1 aliphatic rings. The van der Waals surface area contributed by atoms with Gasteiger partial charge in [-0.1, -0.05) is 0 Å². The third-order valence-electron chi connectivity index (χ3n) is 0.940. The van der Waals surface area contributed by atoms with Gasteiger partial charge in [0.05, 0.1) is 0 Å². The van der Waals surface area contributed by atoms with E-state index in [1.807, 2.05) is 0 Å². The Morgan fingerprint density at radius 1 is 1.78 bits per heavy atom. The Morgan fingerprint density at radius 2 is 2.56 bits per heavy atom. The summed E-state index contributed by atoms with van der Waals surface area (Å²) in [6.45, 7) is 0. The van der Waals surface area contributed by atoms with E-state index in [9.17, 15) is 4.79 Å². The van der Waals surface area contributed by atoms with Crippen LogP contribution in [0.4, 0.5) is 0 Å². The second kappa shape index (κ2) is 2.20. The maximum Gasteiger partial charge on any atom is 0.235 e. The summed E-state index contributed by atoms with van der Waals surface area (Å²) in [7, 11) is 0. The summed E-state index contributed by atoms with van der Waals surface area (Å²) in [4.78, 5) is 13.7. The fraction of sp³-hybridized carbons (Fsp3) is 0. The molecule has 3 nitrogen and oxygen atoms in total. The van der Waals surface area contributed by atoms with Gasteiger partial charge in [0.1, 0.15) is 6.08 Å². The van der Waals surface area contributed by atoms with Crippen LogP contribution in [0.25, 0.3) is 0 Å². The summed E-state index contributed by atoms with van der Waals surface area (Å²) >= 11 is 0. The lowest BCUT2D eigenvalue weighted by atomic mass is 10.2. The van der Waals surface area contributed by atoms with Crippen molar-refractivity contribution in [1.29, 1.82) is 0 Å². The zero-order valence-electron chi connectivity index (χ0n) is 4.66. The number of nitrogens with two attached hydrogens (primary N) is 1. The summed E-state index contributed by atoms with van der Waals surface area (Å²) in [5.41, 5.74) is 5.66. The van der Waals surface area contributed by atoms with Crippen molar-refractivity contribution >= 4 is 12.5 Å². The molecule has 1 rings (SSSR count). The minimum atomic E-state index is 0.253. The van der Waals surface area contributed by atoms with Crippen molar-refractivity contribution in [2.45, 2.75) is 0 Å². The molecule has 0 aliphatic carbocycles. The van der Waals surface area contributed by atoms with Gasteiger partial charge in [0.2, 0.25) is 12.1 Å². The number of aldehydes is 1. The first-order valence-electron chi connectivity index (χ1n) is 2.41. The average molecular weight is 121 g/mol. The fourth-order valence-corrected chi connectivity index (χ4v) is 0.477. The standard InChI is InChI=1S/C6H4N2O/c7-6-5(4-9)2-1-3-8-6/h2-4H,(H-,7,8,9)/p+1. The Labute approximate surface area is 52.6 Å². The molecule has 0 bridgehead atoms. The highest BCUT2D eigenvalue weighted by atomic mass is 16.1. The SMILES string of the molecule is NC1=C(C=O)C=[C+]C=N1. The molecule has 0 saturated carbocycles. The first-order valence-corrected chi connectivity index (χ1v) is 2.41. The Balaban J connectivity index is 3.01. The van der Waals surface area contributed by atoms with Gasteiger partial charge in [0.25, 0.3) is 0 Å². The van der Waals surface area contributed by atoms with Gasteiger partial charge in [-0.25, -0.2) is 0 Å². The molecule has 0 spiro atoms. The highest BCUT2D eigenvalue weighted by Gasteiger charge is 2.09. The van der Waals surface area contributed by atoms with Crippen molar-refractivity contribution in [3.8, 4) is 0 Å². The van der Waals surface area contributed by atoms with Crippen LogP contribution in [0.3, 0.4) is 0 Å². The van der Waals surface area contributed by atoms with Crippen molar-refractivity contribution in [3.63, 3.8) is 0 Å². The van der Waals surface area contributed by atoms with Crippen LogP contribution >= 0.6 is 0 Å². The van der Waals surface area contributed by atoms with Crippen LogP contribution in [-0.2, 0) is 4.79 Å². The minimum absolute atomic E-state index is 0.253. The maximum atomic E-state index is 10.1. The second-order valence-corrected chi connectivity index (χ2v) is 1.53. The predicted octanol–water partition coefficient (Wildman–Crippen LogP) is -0.201. The summed E-state index contributed by atoms with van der Waals surface area (Å²) in [5, 5.41) is 0. The number of hydrogen-bond acceptors (Lipinski definition) is 3. The molecule has 0 aromatic heterocycles. The van der Waals surface area contributed by atoms with Crippen LogP contribution in [-0.4, -0.2) is 12.5 Å². The molecule has 0 amide bonds. The quantitative estimate of drug-likeness (QED) is 0.386. The number of carbonyl (C=O) groups excluding carboxylic acids is 1. The molecule has 0 fully saturated rings. The predicted molar refractivity (Wildman–Crippen MR) is 33.6 cm³/mol. The van der Waals surface area contributed by atoms with Gasteiger partial charge in [0.15, 0.2) is 17.9 Å². The van der Waals surface area contributed by atoms with Crippen molar-refractivity contribution in [2.75, 3.05) is 0 Å². The molecule has 2 N–H and O–H groups in total.